The van der Waals surface area contributed by atoms with Crippen LogP contribution in [0.1, 0.15) is 64.2 Å². The Kier molecular flexibility index (Phi) is 2.94. The van der Waals surface area contributed by atoms with Crippen LogP contribution in [0.4, 0.5) is 0 Å². The Labute approximate surface area is 111 Å². The molecule has 0 heterocycles. The Morgan fingerprint density at radius 1 is 0.889 bits per heavy atom. The second kappa shape index (κ2) is 4.51. The second-order valence-corrected chi connectivity index (χ2v) is 7.71. The molecule has 4 saturated carbocycles. The number of aliphatic hydroxyl groups excluding tert-OH is 1. The lowest BCUT2D eigenvalue weighted by molar-refractivity contribution is 0.108. The van der Waals surface area contributed by atoms with Gasteiger partial charge in [-0.05, 0) is 67.6 Å². The van der Waals surface area contributed by atoms with Crippen molar-refractivity contribution in [3.05, 3.63) is 0 Å². The molecule has 4 fully saturated rings. The summed E-state index contributed by atoms with van der Waals surface area (Å²) in [4.78, 5) is 0. The second-order valence-electron chi connectivity index (χ2n) is 7.71. The number of aliphatic hydroxyl groups is 1. The summed E-state index contributed by atoms with van der Waals surface area (Å²) in [7, 11) is 0. The molecule has 102 valence electrons. The largest absolute Gasteiger partial charge is 0.393 e. The third-order valence-electron chi connectivity index (χ3n) is 6.83. The number of fused-ring (bicyclic) bond motifs is 5. The van der Waals surface area contributed by atoms with Crippen LogP contribution in [0.3, 0.4) is 0 Å². The first-order chi connectivity index (χ1) is 8.84. The summed E-state index contributed by atoms with van der Waals surface area (Å²) in [5.41, 5.74) is 0. The van der Waals surface area contributed by atoms with E-state index in [1.54, 1.807) is 0 Å². The van der Waals surface area contributed by atoms with Gasteiger partial charge in [-0.15, -0.1) is 0 Å². The zero-order chi connectivity index (χ0) is 12.1. The van der Waals surface area contributed by atoms with Gasteiger partial charge in [-0.1, -0.05) is 32.1 Å². The molecule has 0 amide bonds. The Morgan fingerprint density at radius 3 is 2.22 bits per heavy atom. The zero-order valence-electron chi connectivity index (χ0n) is 11.6. The predicted octanol–water partition coefficient (Wildman–Crippen LogP) is 4.00. The van der Waals surface area contributed by atoms with Crippen LogP contribution < -0.4 is 0 Å². The molecule has 0 aromatic carbocycles. The van der Waals surface area contributed by atoms with Gasteiger partial charge in [0.15, 0.2) is 0 Å². The lowest BCUT2D eigenvalue weighted by atomic mass is 9.84. The minimum Gasteiger partial charge on any atom is -0.393 e. The molecule has 5 unspecified atom stereocenters. The molecule has 0 aromatic rings. The molecule has 0 saturated heterocycles. The number of rotatable bonds is 4. The van der Waals surface area contributed by atoms with Crippen molar-refractivity contribution in [1.29, 1.82) is 0 Å². The van der Waals surface area contributed by atoms with Crippen LogP contribution in [0.25, 0.3) is 0 Å². The van der Waals surface area contributed by atoms with Gasteiger partial charge in [0.25, 0.3) is 0 Å². The van der Waals surface area contributed by atoms with Gasteiger partial charge < -0.3 is 5.11 Å². The van der Waals surface area contributed by atoms with E-state index in [0.29, 0.717) is 0 Å². The molecule has 18 heavy (non-hydrogen) atoms. The van der Waals surface area contributed by atoms with Crippen molar-refractivity contribution in [3.8, 4) is 0 Å². The van der Waals surface area contributed by atoms with Crippen LogP contribution in [-0.4, -0.2) is 11.2 Å². The monoisotopic (exact) mass is 248 g/mol. The molecular weight excluding hydrogens is 220 g/mol. The molecule has 0 radical (unpaired) electrons. The summed E-state index contributed by atoms with van der Waals surface area (Å²) >= 11 is 0. The highest BCUT2D eigenvalue weighted by atomic mass is 16.3. The summed E-state index contributed by atoms with van der Waals surface area (Å²) in [5, 5.41) is 10.5. The van der Waals surface area contributed by atoms with E-state index in [4.69, 9.17) is 0 Å². The fourth-order valence-electron chi connectivity index (χ4n) is 5.98. The molecule has 0 aromatic heterocycles. The molecule has 1 heteroatoms. The highest BCUT2D eigenvalue weighted by Crippen LogP contribution is 2.70. The summed E-state index contributed by atoms with van der Waals surface area (Å²) < 4.78 is 0. The van der Waals surface area contributed by atoms with Gasteiger partial charge in [-0.25, -0.2) is 0 Å². The molecule has 4 rings (SSSR count). The molecule has 0 aliphatic heterocycles. The smallest absolute Gasteiger partial charge is 0.0574 e. The summed E-state index contributed by atoms with van der Waals surface area (Å²) in [6.07, 6.45) is 14.2. The minimum absolute atomic E-state index is 0.0605. The first-order valence-corrected chi connectivity index (χ1v) is 8.52. The van der Waals surface area contributed by atoms with E-state index in [1.165, 1.54) is 57.8 Å². The first kappa shape index (κ1) is 11.8. The van der Waals surface area contributed by atoms with E-state index < -0.39 is 0 Å². The van der Waals surface area contributed by atoms with Gasteiger partial charge in [0, 0.05) is 0 Å². The lowest BCUT2D eigenvalue weighted by Gasteiger charge is -2.23. The number of hydrogen-bond donors (Lipinski definition) is 1. The SMILES string of the molecule is OC(CCC1CCCCC1)C1C2C3CCC(C3)C12. The summed E-state index contributed by atoms with van der Waals surface area (Å²) in [6.45, 7) is 0. The molecule has 0 spiro atoms. The van der Waals surface area contributed by atoms with E-state index in [1.807, 2.05) is 0 Å². The third-order valence-corrected chi connectivity index (χ3v) is 6.83. The highest BCUT2D eigenvalue weighted by Gasteiger charge is 2.66. The lowest BCUT2D eigenvalue weighted by Crippen LogP contribution is -2.18. The Balaban J connectivity index is 1.26. The Hall–Kier alpha value is -0.0400. The van der Waals surface area contributed by atoms with E-state index in [2.05, 4.69) is 0 Å². The maximum absolute atomic E-state index is 10.5. The fourth-order valence-corrected chi connectivity index (χ4v) is 5.98. The molecule has 4 aliphatic rings. The van der Waals surface area contributed by atoms with Crippen molar-refractivity contribution in [3.63, 3.8) is 0 Å². The first-order valence-electron chi connectivity index (χ1n) is 8.52. The van der Waals surface area contributed by atoms with Crippen LogP contribution in [0, 0.1) is 35.5 Å². The van der Waals surface area contributed by atoms with Crippen LogP contribution >= 0.6 is 0 Å². The van der Waals surface area contributed by atoms with E-state index in [9.17, 15) is 5.11 Å². The minimum atomic E-state index is 0.0605. The van der Waals surface area contributed by atoms with E-state index in [0.717, 1.165) is 41.9 Å². The van der Waals surface area contributed by atoms with Crippen molar-refractivity contribution in [2.45, 2.75) is 70.3 Å². The quantitative estimate of drug-likeness (QED) is 0.797. The average molecular weight is 248 g/mol. The molecule has 1 N–H and O–H groups in total. The molecule has 5 atom stereocenters. The van der Waals surface area contributed by atoms with Crippen molar-refractivity contribution < 1.29 is 5.11 Å². The van der Waals surface area contributed by atoms with Crippen LogP contribution in [0.2, 0.25) is 0 Å². The maximum atomic E-state index is 10.5. The average Bonchev–Trinajstić information content (AvgIpc) is 2.86. The van der Waals surface area contributed by atoms with E-state index in [-0.39, 0.29) is 6.10 Å². The van der Waals surface area contributed by atoms with E-state index >= 15 is 0 Å². The zero-order valence-corrected chi connectivity index (χ0v) is 11.6. The summed E-state index contributed by atoms with van der Waals surface area (Å²) in [5.74, 6) is 5.66. The van der Waals surface area contributed by atoms with Crippen LogP contribution in [0.5, 0.6) is 0 Å². The van der Waals surface area contributed by atoms with Gasteiger partial charge in [0.2, 0.25) is 0 Å². The topological polar surface area (TPSA) is 20.2 Å². The number of hydrogen-bond acceptors (Lipinski definition) is 1. The van der Waals surface area contributed by atoms with Crippen LogP contribution in [-0.2, 0) is 0 Å². The highest BCUT2D eigenvalue weighted by molar-refractivity contribution is 5.14. The Morgan fingerprint density at radius 2 is 1.56 bits per heavy atom. The normalized spacial score (nSPS) is 48.2. The molecule has 2 bridgehead atoms. The van der Waals surface area contributed by atoms with Crippen molar-refractivity contribution in [2.75, 3.05) is 0 Å². The van der Waals surface area contributed by atoms with Gasteiger partial charge in [-0.2, -0.15) is 0 Å². The maximum Gasteiger partial charge on any atom is 0.0574 e. The summed E-state index contributed by atoms with van der Waals surface area (Å²) in [6, 6.07) is 0. The molecule has 4 aliphatic carbocycles. The van der Waals surface area contributed by atoms with Crippen molar-refractivity contribution in [2.24, 2.45) is 35.5 Å². The predicted molar refractivity (Wildman–Crippen MR) is 73.1 cm³/mol. The van der Waals surface area contributed by atoms with Crippen molar-refractivity contribution in [1.82, 2.24) is 0 Å². The van der Waals surface area contributed by atoms with Crippen LogP contribution in [0.15, 0.2) is 0 Å². The molecule has 1 nitrogen and oxygen atoms in total. The van der Waals surface area contributed by atoms with Gasteiger partial charge in [0.05, 0.1) is 6.10 Å². The fraction of sp³-hybridized carbons (Fsp3) is 1.00. The molecular formula is C17H28O. The Bertz CT molecular complexity index is 291. The van der Waals surface area contributed by atoms with Crippen molar-refractivity contribution >= 4 is 0 Å². The third kappa shape index (κ3) is 1.85. The van der Waals surface area contributed by atoms with Gasteiger partial charge in [-0.3, -0.25) is 0 Å². The van der Waals surface area contributed by atoms with Gasteiger partial charge in [0.1, 0.15) is 0 Å². The standard InChI is InChI=1S/C17H28O/c18-14(9-6-11-4-2-1-3-5-11)17-15-12-7-8-13(10-12)16(15)17/h11-18H,1-10H2. The van der Waals surface area contributed by atoms with Gasteiger partial charge >= 0.3 is 0 Å².